The van der Waals surface area contributed by atoms with Crippen molar-refractivity contribution < 1.29 is 9.47 Å². The van der Waals surface area contributed by atoms with Gasteiger partial charge in [-0.25, -0.2) is 0 Å². The van der Waals surface area contributed by atoms with E-state index in [9.17, 15) is 0 Å². The summed E-state index contributed by atoms with van der Waals surface area (Å²) in [6.07, 6.45) is 2.54. The van der Waals surface area contributed by atoms with E-state index in [1.54, 1.807) is 7.11 Å². The van der Waals surface area contributed by atoms with Crippen LogP contribution in [0.5, 0.6) is 5.75 Å². The van der Waals surface area contributed by atoms with Gasteiger partial charge in [0.2, 0.25) is 0 Å². The van der Waals surface area contributed by atoms with Gasteiger partial charge in [0.25, 0.3) is 0 Å². The molecule has 0 aromatic heterocycles. The van der Waals surface area contributed by atoms with Crippen molar-refractivity contribution in [2.45, 2.75) is 32.7 Å². The second-order valence-electron chi connectivity index (χ2n) is 7.38. The van der Waals surface area contributed by atoms with E-state index in [0.29, 0.717) is 18.6 Å². The second-order valence-corrected chi connectivity index (χ2v) is 7.38. The van der Waals surface area contributed by atoms with Gasteiger partial charge in [0.1, 0.15) is 5.75 Å². The van der Waals surface area contributed by atoms with E-state index in [1.165, 1.54) is 18.4 Å². The monoisotopic (exact) mass is 376 g/mol. The van der Waals surface area contributed by atoms with Gasteiger partial charge in [0, 0.05) is 26.7 Å². The molecule has 0 bridgehead atoms. The van der Waals surface area contributed by atoms with Gasteiger partial charge in [-0.2, -0.15) is 0 Å². The molecule has 1 atom stereocenters. The second kappa shape index (κ2) is 11.8. The lowest BCUT2D eigenvalue weighted by Gasteiger charge is -2.29. The Morgan fingerprint density at radius 2 is 1.85 bits per heavy atom. The highest BCUT2D eigenvalue weighted by atomic mass is 16.5. The standard InChI is InChI=1S/C21H36N4O2/c1-17(2)16-27-14-11-23-21(22-3)24-15-20(25-12-5-6-13-25)18-7-9-19(26-4)10-8-18/h7-10,17,20H,5-6,11-16H2,1-4H3,(H2,22,23,24). The number of hydrogen-bond donors (Lipinski definition) is 2. The largest absolute Gasteiger partial charge is 0.497 e. The van der Waals surface area contributed by atoms with E-state index in [1.807, 2.05) is 19.2 Å². The fourth-order valence-electron chi connectivity index (χ4n) is 3.31. The van der Waals surface area contributed by atoms with Crippen molar-refractivity contribution in [1.82, 2.24) is 15.5 Å². The van der Waals surface area contributed by atoms with Gasteiger partial charge in [-0.15, -0.1) is 0 Å². The molecule has 0 amide bonds. The Morgan fingerprint density at radius 3 is 2.44 bits per heavy atom. The van der Waals surface area contributed by atoms with Crippen LogP contribution in [0.2, 0.25) is 0 Å². The first kappa shape index (κ1) is 21.5. The van der Waals surface area contributed by atoms with E-state index in [0.717, 1.165) is 44.5 Å². The number of guanidine groups is 1. The van der Waals surface area contributed by atoms with Gasteiger partial charge in [0.05, 0.1) is 19.8 Å². The van der Waals surface area contributed by atoms with Gasteiger partial charge >= 0.3 is 0 Å². The summed E-state index contributed by atoms with van der Waals surface area (Å²) >= 11 is 0. The molecule has 0 radical (unpaired) electrons. The lowest BCUT2D eigenvalue weighted by molar-refractivity contribution is 0.114. The zero-order valence-corrected chi connectivity index (χ0v) is 17.3. The predicted molar refractivity (Wildman–Crippen MR) is 112 cm³/mol. The summed E-state index contributed by atoms with van der Waals surface area (Å²) in [5.74, 6) is 2.28. The van der Waals surface area contributed by atoms with Crippen LogP contribution in [-0.4, -0.2) is 64.4 Å². The summed E-state index contributed by atoms with van der Waals surface area (Å²) in [4.78, 5) is 6.89. The van der Waals surface area contributed by atoms with Gasteiger partial charge in [0.15, 0.2) is 5.96 Å². The summed E-state index contributed by atoms with van der Waals surface area (Å²) in [6.45, 7) is 9.66. The van der Waals surface area contributed by atoms with Crippen LogP contribution in [0.1, 0.15) is 38.3 Å². The summed E-state index contributed by atoms with van der Waals surface area (Å²) in [7, 11) is 3.51. The zero-order chi connectivity index (χ0) is 19.5. The lowest BCUT2D eigenvalue weighted by atomic mass is 10.1. The molecule has 6 nitrogen and oxygen atoms in total. The van der Waals surface area contributed by atoms with Gasteiger partial charge < -0.3 is 20.1 Å². The third-order valence-electron chi connectivity index (χ3n) is 4.76. The molecule has 1 aromatic rings. The highest BCUT2D eigenvalue weighted by molar-refractivity contribution is 5.79. The Morgan fingerprint density at radius 1 is 1.15 bits per heavy atom. The molecule has 1 heterocycles. The first-order valence-corrected chi connectivity index (χ1v) is 10.0. The van der Waals surface area contributed by atoms with Gasteiger partial charge in [-0.1, -0.05) is 26.0 Å². The van der Waals surface area contributed by atoms with Crippen LogP contribution in [0.25, 0.3) is 0 Å². The fraction of sp³-hybridized carbons (Fsp3) is 0.667. The summed E-state index contributed by atoms with van der Waals surface area (Å²) in [6, 6.07) is 8.74. The summed E-state index contributed by atoms with van der Waals surface area (Å²) in [5.41, 5.74) is 1.31. The molecule has 0 spiro atoms. The van der Waals surface area contributed by atoms with E-state index < -0.39 is 0 Å². The zero-order valence-electron chi connectivity index (χ0n) is 17.3. The number of methoxy groups -OCH3 is 1. The fourth-order valence-corrected chi connectivity index (χ4v) is 3.31. The molecule has 6 heteroatoms. The van der Waals surface area contributed by atoms with Crippen LogP contribution in [0.15, 0.2) is 29.3 Å². The third kappa shape index (κ3) is 7.39. The molecule has 0 aliphatic carbocycles. The Kier molecular flexibility index (Phi) is 9.42. The van der Waals surface area contributed by atoms with Crippen molar-refractivity contribution >= 4 is 5.96 Å². The number of ether oxygens (including phenoxy) is 2. The first-order valence-electron chi connectivity index (χ1n) is 10.0. The molecule has 2 N–H and O–H groups in total. The Bertz CT molecular complexity index is 554. The van der Waals surface area contributed by atoms with E-state index in [4.69, 9.17) is 9.47 Å². The Hall–Kier alpha value is -1.79. The Labute approximate surface area is 164 Å². The lowest BCUT2D eigenvalue weighted by Crippen LogP contribution is -2.43. The van der Waals surface area contributed by atoms with Gasteiger partial charge in [-0.05, 0) is 49.5 Å². The number of benzene rings is 1. The number of nitrogens with zero attached hydrogens (tertiary/aromatic N) is 2. The minimum atomic E-state index is 0.328. The smallest absolute Gasteiger partial charge is 0.191 e. The maximum absolute atomic E-state index is 5.62. The topological polar surface area (TPSA) is 58.1 Å². The van der Waals surface area contributed by atoms with Crippen molar-refractivity contribution in [3.8, 4) is 5.75 Å². The minimum absolute atomic E-state index is 0.328. The molecule has 2 rings (SSSR count). The summed E-state index contributed by atoms with van der Waals surface area (Å²) in [5, 5.41) is 6.82. The molecule has 27 heavy (non-hydrogen) atoms. The molecule has 0 saturated carbocycles. The minimum Gasteiger partial charge on any atom is -0.497 e. The molecule has 1 aliphatic rings. The molecule has 1 unspecified atom stereocenters. The highest BCUT2D eigenvalue weighted by Crippen LogP contribution is 2.26. The molecule has 1 fully saturated rings. The van der Waals surface area contributed by atoms with E-state index in [-0.39, 0.29) is 0 Å². The number of likely N-dealkylation sites (tertiary alicyclic amines) is 1. The number of nitrogens with one attached hydrogen (secondary N) is 2. The van der Waals surface area contributed by atoms with Crippen LogP contribution in [0.3, 0.4) is 0 Å². The van der Waals surface area contributed by atoms with Crippen LogP contribution in [0, 0.1) is 5.92 Å². The average molecular weight is 377 g/mol. The quantitative estimate of drug-likeness (QED) is 0.374. The van der Waals surface area contributed by atoms with Crippen LogP contribution in [0.4, 0.5) is 0 Å². The molecule has 1 aliphatic heterocycles. The normalized spacial score (nSPS) is 16.6. The third-order valence-corrected chi connectivity index (χ3v) is 4.76. The average Bonchev–Trinajstić information content (AvgIpc) is 3.21. The van der Waals surface area contributed by atoms with Crippen molar-refractivity contribution in [1.29, 1.82) is 0 Å². The van der Waals surface area contributed by atoms with Crippen molar-refractivity contribution in [2.24, 2.45) is 10.9 Å². The van der Waals surface area contributed by atoms with Crippen molar-refractivity contribution in [3.63, 3.8) is 0 Å². The molecule has 1 saturated heterocycles. The predicted octanol–water partition coefficient (Wildman–Crippen LogP) is 2.67. The number of hydrogen-bond acceptors (Lipinski definition) is 4. The number of aliphatic imine (C=N–C) groups is 1. The maximum atomic E-state index is 5.62. The first-order chi connectivity index (χ1) is 13.1. The van der Waals surface area contributed by atoms with E-state index >= 15 is 0 Å². The van der Waals surface area contributed by atoms with Crippen LogP contribution >= 0.6 is 0 Å². The van der Waals surface area contributed by atoms with Crippen molar-refractivity contribution in [3.05, 3.63) is 29.8 Å². The molecular formula is C21H36N4O2. The van der Waals surface area contributed by atoms with E-state index in [2.05, 4.69) is 46.5 Å². The SMILES string of the molecule is CN=C(NCCOCC(C)C)NCC(c1ccc(OC)cc1)N1CCCC1. The number of rotatable bonds is 10. The highest BCUT2D eigenvalue weighted by Gasteiger charge is 2.23. The summed E-state index contributed by atoms with van der Waals surface area (Å²) < 4.78 is 10.9. The molecule has 1 aromatic carbocycles. The molecular weight excluding hydrogens is 340 g/mol. The maximum Gasteiger partial charge on any atom is 0.191 e. The van der Waals surface area contributed by atoms with Gasteiger partial charge in [-0.3, -0.25) is 9.89 Å². The molecule has 152 valence electrons. The van der Waals surface area contributed by atoms with Crippen molar-refractivity contribution in [2.75, 3.05) is 53.6 Å². The van der Waals surface area contributed by atoms with Crippen LogP contribution < -0.4 is 15.4 Å². The van der Waals surface area contributed by atoms with Crippen LogP contribution in [-0.2, 0) is 4.74 Å². The Balaban J connectivity index is 1.88.